The summed E-state index contributed by atoms with van der Waals surface area (Å²) >= 11 is 14.2. The average molecular weight is 268 g/mol. The molecule has 0 radical (unpaired) electrons. The van der Waals surface area contributed by atoms with Gasteiger partial charge in [-0.1, -0.05) is 26.3 Å². The molecule has 1 aliphatic rings. The minimum absolute atomic E-state index is 0.0786. The second-order valence-electron chi connectivity index (χ2n) is 4.03. The molecule has 0 bridgehead atoms. The van der Waals surface area contributed by atoms with Crippen LogP contribution in [0.5, 0.6) is 0 Å². The molecule has 3 unspecified atom stereocenters. The van der Waals surface area contributed by atoms with E-state index in [4.69, 9.17) is 23.2 Å². The van der Waals surface area contributed by atoms with Gasteiger partial charge in [-0.3, -0.25) is 0 Å². The number of alkyl halides is 2. The molecule has 15 heavy (non-hydrogen) atoms. The summed E-state index contributed by atoms with van der Waals surface area (Å²) in [6.45, 7) is 4.34. The highest BCUT2D eigenvalue weighted by atomic mass is 35.5. The van der Waals surface area contributed by atoms with E-state index in [-0.39, 0.29) is 10.8 Å². The van der Waals surface area contributed by atoms with Crippen LogP contribution in [-0.4, -0.2) is 16.5 Å². The Balaban J connectivity index is 2.33. The fraction of sp³-hybridized carbons (Fsp3) is 0.818. The van der Waals surface area contributed by atoms with Gasteiger partial charge in [-0.2, -0.15) is 0 Å². The van der Waals surface area contributed by atoms with Crippen molar-refractivity contribution in [2.45, 2.75) is 43.9 Å². The number of allylic oxidation sites excluding steroid dienone is 1. The van der Waals surface area contributed by atoms with Gasteiger partial charge in [0.2, 0.25) is 0 Å². The zero-order chi connectivity index (χ0) is 11.3. The largest absolute Gasteiger partial charge is 0.333 e. The SMILES string of the molecule is CCCC(Cl)C(Cl)CC(C)C1=CCSN1. The van der Waals surface area contributed by atoms with Crippen molar-refractivity contribution in [1.29, 1.82) is 0 Å². The first-order chi connectivity index (χ1) is 7.15. The van der Waals surface area contributed by atoms with Crippen LogP contribution in [0.3, 0.4) is 0 Å². The standard InChI is InChI=1S/C11H19Cl2NS/c1-3-4-9(12)10(13)7-8(2)11-5-6-15-14-11/h5,8-10,14H,3-4,6-7H2,1-2H3. The molecule has 0 aromatic rings. The van der Waals surface area contributed by atoms with Crippen molar-refractivity contribution in [3.8, 4) is 0 Å². The summed E-state index contributed by atoms with van der Waals surface area (Å²) in [6, 6.07) is 0. The highest BCUT2D eigenvalue weighted by Crippen LogP contribution is 2.27. The second kappa shape index (κ2) is 6.93. The van der Waals surface area contributed by atoms with Gasteiger partial charge in [0.1, 0.15) is 0 Å². The van der Waals surface area contributed by atoms with Crippen molar-refractivity contribution in [2.75, 3.05) is 5.75 Å². The zero-order valence-corrected chi connectivity index (χ0v) is 11.6. The van der Waals surface area contributed by atoms with Crippen LogP contribution in [0.4, 0.5) is 0 Å². The lowest BCUT2D eigenvalue weighted by atomic mass is 9.99. The molecule has 0 spiro atoms. The van der Waals surface area contributed by atoms with E-state index in [1.807, 2.05) is 0 Å². The fourth-order valence-corrected chi connectivity index (χ4v) is 3.18. The normalized spacial score (nSPS) is 21.7. The molecule has 0 amide bonds. The molecule has 0 aromatic heterocycles. The summed E-state index contributed by atoms with van der Waals surface area (Å²) in [6.07, 6.45) is 5.29. The molecule has 0 aromatic carbocycles. The van der Waals surface area contributed by atoms with Crippen LogP contribution < -0.4 is 4.72 Å². The van der Waals surface area contributed by atoms with Crippen molar-refractivity contribution in [3.05, 3.63) is 11.8 Å². The Morgan fingerprint density at radius 1 is 1.47 bits per heavy atom. The smallest absolute Gasteiger partial charge is 0.0506 e. The molecule has 1 aliphatic heterocycles. The van der Waals surface area contributed by atoms with E-state index in [0.717, 1.165) is 25.0 Å². The van der Waals surface area contributed by atoms with E-state index in [0.29, 0.717) is 5.92 Å². The minimum atomic E-state index is 0.0786. The van der Waals surface area contributed by atoms with Crippen molar-refractivity contribution in [1.82, 2.24) is 4.72 Å². The Hall–Kier alpha value is 0.470. The first kappa shape index (κ1) is 13.5. The lowest BCUT2D eigenvalue weighted by Crippen LogP contribution is -2.20. The van der Waals surface area contributed by atoms with Gasteiger partial charge < -0.3 is 4.72 Å². The highest BCUT2D eigenvalue weighted by Gasteiger charge is 2.21. The topological polar surface area (TPSA) is 12.0 Å². The van der Waals surface area contributed by atoms with Crippen molar-refractivity contribution >= 4 is 35.1 Å². The van der Waals surface area contributed by atoms with E-state index >= 15 is 0 Å². The molecule has 0 fully saturated rings. The van der Waals surface area contributed by atoms with Crippen LogP contribution in [0, 0.1) is 5.92 Å². The Morgan fingerprint density at radius 3 is 2.73 bits per heavy atom. The molecule has 0 aliphatic carbocycles. The van der Waals surface area contributed by atoms with Crippen molar-refractivity contribution in [2.24, 2.45) is 5.92 Å². The molecular formula is C11H19Cl2NS. The summed E-state index contributed by atoms with van der Waals surface area (Å²) in [5.41, 5.74) is 1.31. The van der Waals surface area contributed by atoms with E-state index < -0.39 is 0 Å². The van der Waals surface area contributed by atoms with Crippen LogP contribution in [-0.2, 0) is 0 Å². The predicted octanol–water partition coefficient (Wildman–Crippen LogP) is 4.16. The fourth-order valence-electron chi connectivity index (χ4n) is 1.67. The summed E-state index contributed by atoms with van der Waals surface area (Å²) in [4.78, 5) is 0. The van der Waals surface area contributed by atoms with Gasteiger partial charge in [0.15, 0.2) is 0 Å². The molecule has 1 N–H and O–H groups in total. The molecular weight excluding hydrogens is 249 g/mol. The van der Waals surface area contributed by atoms with Gasteiger partial charge in [0.05, 0.1) is 5.38 Å². The molecule has 1 heterocycles. The quantitative estimate of drug-likeness (QED) is 0.573. The van der Waals surface area contributed by atoms with E-state index in [2.05, 4.69) is 24.6 Å². The van der Waals surface area contributed by atoms with Crippen LogP contribution in [0.1, 0.15) is 33.1 Å². The molecule has 1 nitrogen and oxygen atoms in total. The average Bonchev–Trinajstić information content (AvgIpc) is 2.70. The Labute approximate surface area is 107 Å². The Morgan fingerprint density at radius 2 is 2.20 bits per heavy atom. The third kappa shape index (κ3) is 4.46. The lowest BCUT2D eigenvalue weighted by Gasteiger charge is -2.20. The van der Waals surface area contributed by atoms with E-state index in [9.17, 15) is 0 Å². The van der Waals surface area contributed by atoms with Crippen molar-refractivity contribution < 1.29 is 0 Å². The minimum Gasteiger partial charge on any atom is -0.333 e. The second-order valence-corrected chi connectivity index (χ2v) is 5.98. The first-order valence-electron chi connectivity index (χ1n) is 5.51. The number of hydrogen-bond acceptors (Lipinski definition) is 2. The highest BCUT2D eigenvalue weighted by molar-refractivity contribution is 7.97. The number of rotatable bonds is 6. The summed E-state index contributed by atoms with van der Waals surface area (Å²) in [7, 11) is 0. The predicted molar refractivity (Wildman–Crippen MR) is 71.6 cm³/mol. The van der Waals surface area contributed by atoms with Gasteiger partial charge in [-0.05, 0) is 30.7 Å². The van der Waals surface area contributed by atoms with Crippen LogP contribution >= 0.6 is 35.1 Å². The summed E-state index contributed by atoms with van der Waals surface area (Å²) in [5.74, 6) is 1.55. The van der Waals surface area contributed by atoms with Gasteiger partial charge in [0.25, 0.3) is 0 Å². The van der Waals surface area contributed by atoms with Crippen LogP contribution in [0.2, 0.25) is 0 Å². The maximum Gasteiger partial charge on any atom is 0.0506 e. The third-order valence-electron chi connectivity index (χ3n) is 2.64. The zero-order valence-electron chi connectivity index (χ0n) is 9.30. The van der Waals surface area contributed by atoms with Crippen LogP contribution in [0.25, 0.3) is 0 Å². The van der Waals surface area contributed by atoms with Crippen LogP contribution in [0.15, 0.2) is 11.8 Å². The maximum absolute atomic E-state index is 6.29. The number of nitrogens with one attached hydrogen (secondary N) is 1. The maximum atomic E-state index is 6.29. The van der Waals surface area contributed by atoms with Crippen molar-refractivity contribution in [3.63, 3.8) is 0 Å². The monoisotopic (exact) mass is 267 g/mol. The molecule has 3 atom stereocenters. The lowest BCUT2D eigenvalue weighted by molar-refractivity contribution is 0.546. The van der Waals surface area contributed by atoms with E-state index in [1.165, 1.54) is 5.70 Å². The van der Waals surface area contributed by atoms with E-state index in [1.54, 1.807) is 11.9 Å². The van der Waals surface area contributed by atoms with Gasteiger partial charge >= 0.3 is 0 Å². The Kier molecular flexibility index (Phi) is 6.25. The molecule has 0 saturated carbocycles. The van der Waals surface area contributed by atoms with Gasteiger partial charge in [0, 0.05) is 16.8 Å². The summed E-state index contributed by atoms with van der Waals surface area (Å²) < 4.78 is 3.31. The number of halogens is 2. The number of hydrogen-bond donors (Lipinski definition) is 1. The first-order valence-corrected chi connectivity index (χ1v) is 7.37. The van der Waals surface area contributed by atoms with Gasteiger partial charge in [-0.15, -0.1) is 23.2 Å². The third-order valence-corrected chi connectivity index (χ3v) is 4.49. The molecule has 1 rings (SSSR count). The molecule has 0 saturated heterocycles. The Bertz CT molecular complexity index is 221. The molecule has 88 valence electrons. The summed E-state index contributed by atoms with van der Waals surface area (Å²) in [5, 5.41) is 0.184. The molecule has 4 heteroatoms. The van der Waals surface area contributed by atoms with Gasteiger partial charge in [-0.25, -0.2) is 0 Å².